The Kier molecular flexibility index (Phi) is 6.59. The summed E-state index contributed by atoms with van der Waals surface area (Å²) in [5.41, 5.74) is 2.33. The third-order valence-electron chi connectivity index (χ3n) is 7.84. The van der Waals surface area contributed by atoms with Crippen molar-refractivity contribution in [1.29, 1.82) is 0 Å². The number of ether oxygens (including phenoxy) is 1. The molecule has 1 aliphatic heterocycles. The van der Waals surface area contributed by atoms with Crippen LogP contribution in [0.1, 0.15) is 37.0 Å². The highest BCUT2D eigenvalue weighted by atomic mass is 35.5. The number of rotatable bonds is 7. The number of aliphatic hydroxyl groups is 1. The fourth-order valence-corrected chi connectivity index (χ4v) is 6.37. The molecule has 174 valence electrons. The second kappa shape index (κ2) is 9.46. The van der Waals surface area contributed by atoms with Gasteiger partial charge in [0.25, 0.3) is 0 Å². The number of hydrogen-bond acceptors (Lipinski definition) is 3. The molecule has 0 radical (unpaired) electrons. The SMILES string of the molecule is CCC(C(O)c1ccc2c(Cl)c(OC)ccc2c1)N1CCC2C(Cc3ccc(Cl)cc3)C2C1. The zero-order valence-corrected chi connectivity index (χ0v) is 20.7. The van der Waals surface area contributed by atoms with Gasteiger partial charge in [-0.05, 0) is 84.3 Å². The highest BCUT2D eigenvalue weighted by molar-refractivity contribution is 6.37. The number of nitrogens with zero attached hydrogens (tertiary/aromatic N) is 1. The highest BCUT2D eigenvalue weighted by Crippen LogP contribution is 2.54. The highest BCUT2D eigenvalue weighted by Gasteiger charge is 2.52. The van der Waals surface area contributed by atoms with Gasteiger partial charge in [0, 0.05) is 23.0 Å². The first-order valence-electron chi connectivity index (χ1n) is 11.9. The first-order valence-corrected chi connectivity index (χ1v) is 12.7. The van der Waals surface area contributed by atoms with Crippen molar-refractivity contribution < 1.29 is 9.84 Å². The van der Waals surface area contributed by atoms with Crippen LogP contribution >= 0.6 is 23.2 Å². The van der Waals surface area contributed by atoms with Gasteiger partial charge in [0.15, 0.2) is 0 Å². The molecular formula is C28H31Cl2NO2. The van der Waals surface area contributed by atoms with E-state index in [0.717, 1.165) is 65.0 Å². The predicted octanol–water partition coefficient (Wildman–Crippen LogP) is 6.78. The molecule has 0 aromatic heterocycles. The largest absolute Gasteiger partial charge is 0.495 e. The van der Waals surface area contributed by atoms with Crippen molar-refractivity contribution in [1.82, 2.24) is 4.90 Å². The third kappa shape index (κ3) is 4.49. The van der Waals surface area contributed by atoms with Gasteiger partial charge in [0.2, 0.25) is 0 Å². The van der Waals surface area contributed by atoms with Crippen LogP contribution in [0.15, 0.2) is 54.6 Å². The van der Waals surface area contributed by atoms with Crippen LogP contribution in [0.4, 0.5) is 0 Å². The number of halogens is 2. The van der Waals surface area contributed by atoms with E-state index in [2.05, 4.69) is 30.0 Å². The predicted molar refractivity (Wildman–Crippen MR) is 136 cm³/mol. The van der Waals surface area contributed by atoms with Gasteiger partial charge >= 0.3 is 0 Å². The van der Waals surface area contributed by atoms with Gasteiger partial charge in [-0.1, -0.05) is 60.5 Å². The van der Waals surface area contributed by atoms with Crippen LogP contribution in [0.25, 0.3) is 10.8 Å². The number of likely N-dealkylation sites (tertiary alicyclic amines) is 1. The maximum Gasteiger partial charge on any atom is 0.138 e. The number of aliphatic hydroxyl groups excluding tert-OH is 1. The first-order chi connectivity index (χ1) is 16.0. The van der Waals surface area contributed by atoms with Crippen LogP contribution < -0.4 is 4.74 Å². The average Bonchev–Trinajstić information content (AvgIpc) is 3.52. The van der Waals surface area contributed by atoms with E-state index in [1.807, 2.05) is 36.4 Å². The van der Waals surface area contributed by atoms with Crippen molar-refractivity contribution >= 4 is 34.0 Å². The van der Waals surface area contributed by atoms with E-state index in [9.17, 15) is 5.11 Å². The summed E-state index contributed by atoms with van der Waals surface area (Å²) in [6.07, 6.45) is 2.75. The Morgan fingerprint density at radius 1 is 1.06 bits per heavy atom. The van der Waals surface area contributed by atoms with E-state index in [4.69, 9.17) is 27.9 Å². The normalized spacial score (nSPS) is 24.3. The maximum absolute atomic E-state index is 11.4. The summed E-state index contributed by atoms with van der Waals surface area (Å²) in [6.45, 7) is 4.32. The number of hydrogen-bond donors (Lipinski definition) is 1. The van der Waals surface area contributed by atoms with E-state index in [-0.39, 0.29) is 6.04 Å². The van der Waals surface area contributed by atoms with Crippen LogP contribution in [0.5, 0.6) is 5.75 Å². The minimum atomic E-state index is -0.523. The molecule has 3 aromatic carbocycles. The molecule has 1 N–H and O–H groups in total. The zero-order chi connectivity index (χ0) is 23.1. The van der Waals surface area contributed by atoms with Crippen molar-refractivity contribution in [2.45, 2.75) is 38.3 Å². The number of benzene rings is 3. The Hall–Kier alpha value is -1.78. The van der Waals surface area contributed by atoms with Crippen molar-refractivity contribution in [2.24, 2.45) is 17.8 Å². The molecule has 0 amide bonds. The Labute approximate surface area is 206 Å². The van der Waals surface area contributed by atoms with E-state index < -0.39 is 6.10 Å². The lowest BCUT2D eigenvalue weighted by atomic mass is 9.95. The van der Waals surface area contributed by atoms with Crippen LogP contribution in [-0.4, -0.2) is 36.2 Å². The van der Waals surface area contributed by atoms with Crippen molar-refractivity contribution in [3.63, 3.8) is 0 Å². The smallest absolute Gasteiger partial charge is 0.138 e. The van der Waals surface area contributed by atoms with E-state index in [1.165, 1.54) is 12.0 Å². The molecule has 3 nitrogen and oxygen atoms in total. The fraction of sp³-hybridized carbons (Fsp3) is 0.429. The summed E-state index contributed by atoms with van der Waals surface area (Å²) in [4.78, 5) is 2.53. The van der Waals surface area contributed by atoms with E-state index in [0.29, 0.717) is 10.8 Å². The summed E-state index contributed by atoms with van der Waals surface area (Å²) in [5.74, 6) is 2.98. The monoisotopic (exact) mass is 483 g/mol. The van der Waals surface area contributed by atoms with E-state index >= 15 is 0 Å². The van der Waals surface area contributed by atoms with Gasteiger partial charge in [0.05, 0.1) is 18.2 Å². The number of piperidine rings is 1. The first kappa shape index (κ1) is 23.0. The number of fused-ring (bicyclic) bond motifs is 2. The molecule has 33 heavy (non-hydrogen) atoms. The molecule has 2 aliphatic rings. The molecule has 0 bridgehead atoms. The molecule has 1 saturated heterocycles. The summed E-state index contributed by atoms with van der Waals surface area (Å²) in [5, 5.41) is 14.8. The molecule has 2 fully saturated rings. The quantitative estimate of drug-likeness (QED) is 0.401. The lowest BCUT2D eigenvalue weighted by Crippen LogP contribution is -2.43. The van der Waals surface area contributed by atoms with Crippen LogP contribution in [-0.2, 0) is 6.42 Å². The topological polar surface area (TPSA) is 32.7 Å². The summed E-state index contributed by atoms with van der Waals surface area (Å²) in [7, 11) is 1.63. The zero-order valence-electron chi connectivity index (χ0n) is 19.2. The Balaban J connectivity index is 1.28. The molecule has 5 heteroatoms. The van der Waals surface area contributed by atoms with Crippen molar-refractivity contribution in [2.75, 3.05) is 20.2 Å². The lowest BCUT2D eigenvalue weighted by molar-refractivity contribution is 0.0326. The lowest BCUT2D eigenvalue weighted by Gasteiger charge is -2.36. The van der Waals surface area contributed by atoms with Crippen molar-refractivity contribution in [3.05, 3.63) is 75.8 Å². The van der Waals surface area contributed by atoms with Gasteiger partial charge < -0.3 is 9.84 Å². The minimum absolute atomic E-state index is 0.119. The van der Waals surface area contributed by atoms with Crippen LogP contribution in [0, 0.1) is 17.8 Å². The van der Waals surface area contributed by atoms with Crippen LogP contribution in [0.3, 0.4) is 0 Å². The molecule has 5 rings (SSSR count). The molecule has 1 saturated carbocycles. The Morgan fingerprint density at radius 2 is 1.85 bits per heavy atom. The van der Waals surface area contributed by atoms with Gasteiger partial charge in [0.1, 0.15) is 5.75 Å². The molecule has 5 unspecified atom stereocenters. The Bertz CT molecular complexity index is 1130. The maximum atomic E-state index is 11.4. The van der Waals surface area contributed by atoms with Gasteiger partial charge in [-0.25, -0.2) is 0 Å². The van der Waals surface area contributed by atoms with Gasteiger partial charge in [-0.3, -0.25) is 4.90 Å². The molecular weight excluding hydrogens is 453 g/mol. The summed E-state index contributed by atoms with van der Waals surface area (Å²) < 4.78 is 5.34. The average molecular weight is 484 g/mol. The molecule has 1 aliphatic carbocycles. The standard InChI is InChI=1S/C28H31Cl2NO2/c1-3-25(28(32)19-6-10-21-18(15-19)7-11-26(33-2)27(21)30)31-13-12-22-23(24(22)16-31)14-17-4-8-20(29)9-5-17/h4-11,15,22-25,28,32H,3,12-14,16H2,1-2H3. The molecule has 0 spiro atoms. The summed E-state index contributed by atoms with van der Waals surface area (Å²) in [6, 6.07) is 18.4. The van der Waals surface area contributed by atoms with Gasteiger partial charge in [-0.15, -0.1) is 0 Å². The second-order valence-corrected chi connectivity index (χ2v) is 10.4. The number of methoxy groups -OCH3 is 1. The fourth-order valence-electron chi connectivity index (χ4n) is 5.93. The summed E-state index contributed by atoms with van der Waals surface area (Å²) >= 11 is 12.5. The Morgan fingerprint density at radius 3 is 2.58 bits per heavy atom. The van der Waals surface area contributed by atoms with Crippen molar-refractivity contribution in [3.8, 4) is 5.75 Å². The molecule has 1 heterocycles. The second-order valence-electron chi connectivity index (χ2n) is 9.59. The van der Waals surface area contributed by atoms with Gasteiger partial charge in [-0.2, -0.15) is 0 Å². The molecule has 3 aromatic rings. The minimum Gasteiger partial charge on any atom is -0.495 e. The van der Waals surface area contributed by atoms with Crippen LogP contribution in [0.2, 0.25) is 10.0 Å². The van der Waals surface area contributed by atoms with E-state index in [1.54, 1.807) is 7.11 Å². The third-order valence-corrected chi connectivity index (χ3v) is 8.49. The molecule has 5 atom stereocenters.